The molecule has 1 aliphatic heterocycles. The van der Waals surface area contributed by atoms with Gasteiger partial charge in [0.15, 0.2) is 6.61 Å². The summed E-state index contributed by atoms with van der Waals surface area (Å²) in [5, 5.41) is 6.06. The van der Waals surface area contributed by atoms with Crippen molar-refractivity contribution in [1.82, 2.24) is 20.4 Å². The number of carbonyl (C=O) groups is 6. The summed E-state index contributed by atoms with van der Waals surface area (Å²) >= 11 is 0. The van der Waals surface area contributed by atoms with E-state index in [4.69, 9.17) is 14.2 Å². The molecular formula is C54H66N4O10. The van der Waals surface area contributed by atoms with Crippen LogP contribution < -0.4 is 15.4 Å². The first-order valence-corrected chi connectivity index (χ1v) is 23.6. The summed E-state index contributed by atoms with van der Waals surface area (Å²) in [6, 6.07) is 29.6. The monoisotopic (exact) mass is 930 g/mol. The van der Waals surface area contributed by atoms with E-state index in [9.17, 15) is 28.8 Å². The summed E-state index contributed by atoms with van der Waals surface area (Å²) in [5.41, 5.74) is 4.82. The zero-order chi connectivity index (χ0) is 48.8. The van der Waals surface area contributed by atoms with Crippen LogP contribution in [0.5, 0.6) is 5.75 Å². The van der Waals surface area contributed by atoms with Crippen LogP contribution in [0.1, 0.15) is 124 Å². The molecule has 14 nitrogen and oxygen atoms in total. The fourth-order valence-electron chi connectivity index (χ4n) is 8.10. The van der Waals surface area contributed by atoms with Crippen molar-refractivity contribution in [2.45, 2.75) is 104 Å². The van der Waals surface area contributed by atoms with E-state index in [1.54, 1.807) is 22.8 Å². The molecule has 0 aromatic heterocycles. The highest BCUT2D eigenvalue weighted by molar-refractivity contribution is 5.96. The summed E-state index contributed by atoms with van der Waals surface area (Å²) in [4.78, 5) is 84.4. The number of allylic oxidation sites excluding steroid dienone is 1. The van der Waals surface area contributed by atoms with Gasteiger partial charge in [0.05, 0.1) is 25.8 Å². The number of esters is 3. The third-order valence-electron chi connectivity index (χ3n) is 11.9. The van der Waals surface area contributed by atoms with E-state index in [0.717, 1.165) is 54.4 Å². The van der Waals surface area contributed by atoms with Gasteiger partial charge in [0.25, 0.3) is 0 Å². The van der Waals surface area contributed by atoms with Gasteiger partial charge in [-0.1, -0.05) is 137 Å². The van der Waals surface area contributed by atoms with Crippen molar-refractivity contribution in [3.05, 3.63) is 137 Å². The maximum atomic E-state index is 14.4. The first-order chi connectivity index (χ1) is 33.0. The molecule has 362 valence electrons. The van der Waals surface area contributed by atoms with Crippen molar-refractivity contribution < 1.29 is 47.7 Å². The van der Waals surface area contributed by atoms with Gasteiger partial charge >= 0.3 is 23.9 Å². The van der Waals surface area contributed by atoms with Gasteiger partial charge < -0.3 is 34.5 Å². The van der Waals surface area contributed by atoms with Gasteiger partial charge in [-0.05, 0) is 72.6 Å². The maximum absolute atomic E-state index is 14.4. The Labute approximate surface area is 400 Å². The Kier molecular flexibility index (Phi) is 20.7. The third-order valence-corrected chi connectivity index (χ3v) is 11.9. The van der Waals surface area contributed by atoms with E-state index in [2.05, 4.69) is 22.3 Å². The lowest BCUT2D eigenvalue weighted by Gasteiger charge is -2.35. The van der Waals surface area contributed by atoms with Crippen molar-refractivity contribution in [1.29, 1.82) is 0 Å². The average Bonchev–Trinajstić information content (AvgIpc) is 3.36. The van der Waals surface area contributed by atoms with E-state index >= 15 is 0 Å². The lowest BCUT2D eigenvalue weighted by Crippen LogP contribution is -2.48. The Balaban J connectivity index is 1.34. The number of rotatable bonds is 26. The number of amides is 4. The molecule has 14 heteroatoms. The van der Waals surface area contributed by atoms with Crippen LogP contribution in [0.25, 0.3) is 11.1 Å². The van der Waals surface area contributed by atoms with Gasteiger partial charge in [-0.3, -0.25) is 14.5 Å². The minimum atomic E-state index is -1.08. The topological polar surface area (TPSA) is 170 Å². The molecule has 0 aliphatic carbocycles. The van der Waals surface area contributed by atoms with E-state index < -0.39 is 36.6 Å². The molecule has 0 radical (unpaired) electrons. The Morgan fingerprint density at radius 1 is 0.750 bits per heavy atom. The van der Waals surface area contributed by atoms with E-state index in [-0.39, 0.29) is 48.7 Å². The van der Waals surface area contributed by atoms with Crippen molar-refractivity contribution in [3.63, 3.8) is 0 Å². The Hall–Kier alpha value is -6.96. The number of hydrogen-bond donors (Lipinski definition) is 2. The van der Waals surface area contributed by atoms with Gasteiger partial charge in [0, 0.05) is 31.8 Å². The first-order valence-electron chi connectivity index (χ1n) is 23.6. The molecule has 5 rings (SSSR count). The molecule has 0 unspecified atom stereocenters. The molecule has 0 fully saturated rings. The predicted octanol–water partition coefficient (Wildman–Crippen LogP) is 9.40. The predicted molar refractivity (Wildman–Crippen MR) is 259 cm³/mol. The molecule has 4 aromatic carbocycles. The van der Waals surface area contributed by atoms with Crippen molar-refractivity contribution in [2.75, 3.05) is 40.5 Å². The zero-order valence-corrected chi connectivity index (χ0v) is 40.1. The lowest BCUT2D eigenvalue weighted by atomic mass is 9.93. The Morgan fingerprint density at radius 2 is 1.43 bits per heavy atom. The average molecular weight is 931 g/mol. The molecule has 0 saturated heterocycles. The van der Waals surface area contributed by atoms with Crippen LogP contribution in [0.15, 0.2) is 114 Å². The van der Waals surface area contributed by atoms with Gasteiger partial charge in [0.2, 0.25) is 11.8 Å². The summed E-state index contributed by atoms with van der Waals surface area (Å²) in [6.45, 7) is 6.48. The normalized spacial score (nSPS) is 13.8. The highest BCUT2D eigenvalue weighted by atomic mass is 16.6. The highest BCUT2D eigenvalue weighted by Crippen LogP contribution is 2.34. The molecule has 4 amide bonds. The number of benzene rings is 4. The van der Waals surface area contributed by atoms with Gasteiger partial charge in [-0.15, -0.1) is 0 Å². The Bertz CT molecular complexity index is 2330. The summed E-state index contributed by atoms with van der Waals surface area (Å²) in [7, 11) is 2.44. The first kappa shape index (κ1) is 52.0. The number of carbonyl (C=O) groups excluding carboxylic acids is 6. The van der Waals surface area contributed by atoms with Crippen LogP contribution in [-0.2, 0) is 40.0 Å². The highest BCUT2D eigenvalue weighted by Gasteiger charge is 2.37. The third kappa shape index (κ3) is 14.5. The molecule has 2 atom stereocenters. The molecule has 1 heterocycles. The van der Waals surface area contributed by atoms with Crippen molar-refractivity contribution >= 4 is 35.8 Å². The second kappa shape index (κ2) is 27.0. The second-order valence-electron chi connectivity index (χ2n) is 16.7. The molecule has 0 spiro atoms. The van der Waals surface area contributed by atoms with Crippen LogP contribution >= 0.6 is 0 Å². The molecule has 4 aromatic rings. The van der Waals surface area contributed by atoms with Crippen LogP contribution in [-0.4, -0.2) is 86.0 Å². The molecule has 0 bridgehead atoms. The number of unbranched alkanes of at least 4 members (excludes halogenated alkanes) is 6. The van der Waals surface area contributed by atoms with Crippen LogP contribution in [0.3, 0.4) is 0 Å². The maximum Gasteiger partial charge on any atom is 0.343 e. The summed E-state index contributed by atoms with van der Waals surface area (Å²) < 4.78 is 21.2. The fraction of sp³-hybridized carbons (Fsp3) is 0.407. The van der Waals surface area contributed by atoms with Gasteiger partial charge in [-0.2, -0.15) is 0 Å². The largest absolute Gasteiger partial charge is 0.481 e. The number of ether oxygens (including phenoxy) is 4. The summed E-state index contributed by atoms with van der Waals surface area (Å²) in [6.07, 6.45) is 6.70. The van der Waals surface area contributed by atoms with Crippen LogP contribution in [0, 0.1) is 0 Å². The number of hydrogen-bond acceptors (Lipinski definition) is 10. The number of methoxy groups -OCH3 is 2. The SMILES string of the molecule is CCCCCCN(C(=O)CCCCCN1C(=O)N[C@@H](c2ccc(-c3ccccc3)cc2)C(C(=O)OCc2ccccc2)=C1C)[C@H](C(=O)NCCCC)c1ccc(OCC(=O)OC)c(C(=O)OC)c1. The molecule has 2 N–H and O–H groups in total. The van der Waals surface area contributed by atoms with E-state index in [1.807, 2.05) is 91.9 Å². The zero-order valence-electron chi connectivity index (χ0n) is 40.1. The van der Waals surface area contributed by atoms with Crippen LogP contribution in [0.4, 0.5) is 4.79 Å². The lowest BCUT2D eigenvalue weighted by molar-refractivity contribution is -0.143. The number of nitrogens with zero attached hydrogens (tertiary/aromatic N) is 2. The minimum absolute atomic E-state index is 0.00960. The number of urea groups is 1. The van der Waals surface area contributed by atoms with Crippen LogP contribution in [0.2, 0.25) is 0 Å². The van der Waals surface area contributed by atoms with Crippen molar-refractivity contribution in [2.24, 2.45) is 0 Å². The molecular weight excluding hydrogens is 865 g/mol. The molecule has 0 saturated carbocycles. The second-order valence-corrected chi connectivity index (χ2v) is 16.7. The van der Waals surface area contributed by atoms with Crippen molar-refractivity contribution in [3.8, 4) is 16.9 Å². The number of nitrogens with one attached hydrogen (secondary N) is 2. The summed E-state index contributed by atoms with van der Waals surface area (Å²) in [5.74, 6) is -2.48. The molecule has 68 heavy (non-hydrogen) atoms. The van der Waals surface area contributed by atoms with E-state index in [1.165, 1.54) is 26.4 Å². The molecule has 1 aliphatic rings. The quantitative estimate of drug-likeness (QED) is 0.0351. The Morgan fingerprint density at radius 3 is 2.10 bits per heavy atom. The minimum Gasteiger partial charge on any atom is -0.481 e. The standard InChI is InChI=1S/C54H66N4O10/c1-6-8-10-19-34-58(50(51(61)55-32-9-7-2)43-30-31-45(67-37-47(60)65-4)44(35-43)52(62)66-5)46(59)25-18-13-20-33-57-38(3)48(53(63)68-36-39-21-14-11-15-22-39)49(56-54(57)64)42-28-26-41(27-29-42)40-23-16-12-17-24-40/h11-12,14-17,21-24,26-31,35,49-50H,6-10,13,18-20,25,32-34,36-37H2,1-5H3,(H,55,61)(H,56,64)/t49-,50-/m0/s1. The smallest absolute Gasteiger partial charge is 0.343 e. The van der Waals surface area contributed by atoms with Gasteiger partial charge in [-0.25, -0.2) is 19.2 Å². The van der Waals surface area contributed by atoms with E-state index in [0.29, 0.717) is 55.6 Å². The van der Waals surface area contributed by atoms with Gasteiger partial charge in [0.1, 0.15) is 24.0 Å². The fourth-order valence-corrected chi connectivity index (χ4v) is 8.10.